The Labute approximate surface area is 99.4 Å². The van der Waals surface area contributed by atoms with Crippen molar-refractivity contribution in [1.29, 1.82) is 0 Å². The third-order valence-corrected chi connectivity index (χ3v) is 2.16. The molecule has 17 heavy (non-hydrogen) atoms. The summed E-state index contributed by atoms with van der Waals surface area (Å²) in [4.78, 5) is 27.8. The van der Waals surface area contributed by atoms with E-state index in [1.807, 2.05) is 0 Å². The molecule has 0 bridgehead atoms. The monoisotopic (exact) mass is 234 g/mol. The number of amides is 1. The summed E-state index contributed by atoms with van der Waals surface area (Å²) in [6.07, 6.45) is 4.54. The van der Waals surface area contributed by atoms with E-state index in [2.05, 4.69) is 11.6 Å². The molecule has 1 rings (SSSR count). The smallest absolute Gasteiger partial charge is 0.305 e. The summed E-state index contributed by atoms with van der Waals surface area (Å²) in [5.74, 6) is -1.14. The topological polar surface area (TPSA) is 70.5 Å². The third kappa shape index (κ3) is 4.06. The number of hydrogen-bond donors (Lipinski definition) is 1. The number of carboxylic acids is 1. The van der Waals surface area contributed by atoms with Crippen LogP contribution in [-0.4, -0.2) is 40.0 Å². The van der Waals surface area contributed by atoms with E-state index < -0.39 is 5.97 Å². The summed E-state index contributed by atoms with van der Waals surface area (Å²) in [6, 6.07) is 3.19. The van der Waals surface area contributed by atoms with E-state index in [4.69, 9.17) is 5.11 Å². The van der Waals surface area contributed by atoms with Gasteiger partial charge in [0.1, 0.15) is 0 Å². The van der Waals surface area contributed by atoms with Crippen LogP contribution in [0.5, 0.6) is 0 Å². The Morgan fingerprint density at radius 2 is 2.06 bits per heavy atom. The van der Waals surface area contributed by atoms with Gasteiger partial charge in [-0.1, -0.05) is 6.08 Å². The fourth-order valence-corrected chi connectivity index (χ4v) is 1.34. The molecule has 0 fully saturated rings. The molecule has 0 aromatic carbocycles. The molecule has 0 saturated heterocycles. The lowest BCUT2D eigenvalue weighted by atomic mass is 10.2. The average Bonchev–Trinajstić information content (AvgIpc) is 2.34. The van der Waals surface area contributed by atoms with Crippen molar-refractivity contribution in [3.05, 3.63) is 42.7 Å². The Hall–Kier alpha value is -2.17. The van der Waals surface area contributed by atoms with Crippen LogP contribution in [0.15, 0.2) is 37.2 Å². The quantitative estimate of drug-likeness (QED) is 0.750. The van der Waals surface area contributed by atoms with Crippen LogP contribution in [0.3, 0.4) is 0 Å². The Balaban J connectivity index is 2.73. The zero-order valence-corrected chi connectivity index (χ0v) is 9.37. The molecule has 1 aromatic rings. The number of carboxylic acid groups (broad SMARTS) is 1. The van der Waals surface area contributed by atoms with Crippen molar-refractivity contribution < 1.29 is 14.7 Å². The summed E-state index contributed by atoms with van der Waals surface area (Å²) >= 11 is 0. The molecular weight excluding hydrogens is 220 g/mol. The second kappa shape index (κ2) is 6.42. The maximum Gasteiger partial charge on any atom is 0.305 e. The highest BCUT2D eigenvalue weighted by molar-refractivity contribution is 5.94. The van der Waals surface area contributed by atoms with Gasteiger partial charge in [0, 0.05) is 31.0 Å². The van der Waals surface area contributed by atoms with Gasteiger partial charge < -0.3 is 10.0 Å². The van der Waals surface area contributed by atoms with E-state index in [0.29, 0.717) is 12.1 Å². The van der Waals surface area contributed by atoms with Crippen LogP contribution in [-0.2, 0) is 4.79 Å². The molecule has 0 spiro atoms. The van der Waals surface area contributed by atoms with E-state index in [1.165, 1.54) is 17.3 Å². The van der Waals surface area contributed by atoms with Gasteiger partial charge in [-0.3, -0.25) is 14.6 Å². The Bertz CT molecular complexity index is 403. The first kappa shape index (κ1) is 12.9. The van der Waals surface area contributed by atoms with Crippen LogP contribution in [0.4, 0.5) is 0 Å². The molecule has 0 radical (unpaired) electrons. The van der Waals surface area contributed by atoms with Crippen molar-refractivity contribution in [2.45, 2.75) is 6.42 Å². The largest absolute Gasteiger partial charge is 0.481 e. The van der Waals surface area contributed by atoms with Crippen molar-refractivity contribution >= 4 is 11.9 Å². The lowest BCUT2D eigenvalue weighted by Crippen LogP contribution is -2.33. The van der Waals surface area contributed by atoms with Crippen molar-refractivity contribution in [1.82, 2.24) is 9.88 Å². The minimum Gasteiger partial charge on any atom is -0.481 e. The maximum absolute atomic E-state index is 12.0. The number of rotatable bonds is 6. The Morgan fingerprint density at radius 3 is 2.59 bits per heavy atom. The molecule has 1 N–H and O–H groups in total. The maximum atomic E-state index is 12.0. The molecule has 0 saturated carbocycles. The molecule has 1 amide bonds. The van der Waals surface area contributed by atoms with Crippen molar-refractivity contribution in [2.24, 2.45) is 0 Å². The second-order valence-electron chi connectivity index (χ2n) is 3.42. The molecule has 0 atom stereocenters. The fourth-order valence-electron chi connectivity index (χ4n) is 1.34. The molecular formula is C12H14N2O3. The highest BCUT2D eigenvalue weighted by atomic mass is 16.4. The van der Waals surface area contributed by atoms with Gasteiger partial charge in [-0.05, 0) is 12.1 Å². The van der Waals surface area contributed by atoms with Gasteiger partial charge in [-0.2, -0.15) is 0 Å². The van der Waals surface area contributed by atoms with Gasteiger partial charge in [0.2, 0.25) is 0 Å². The normalized spacial score (nSPS) is 9.65. The Kier molecular flexibility index (Phi) is 4.87. The lowest BCUT2D eigenvalue weighted by Gasteiger charge is -2.20. The molecule has 90 valence electrons. The minimum absolute atomic E-state index is 0.0787. The van der Waals surface area contributed by atoms with Gasteiger partial charge >= 0.3 is 5.97 Å². The van der Waals surface area contributed by atoms with Gasteiger partial charge in [0.05, 0.1) is 6.42 Å². The standard InChI is InChI=1S/C12H14N2O3/c1-2-8-14(9-5-11(15)16)12(17)10-3-6-13-7-4-10/h2-4,6-7H,1,5,8-9H2,(H,15,16). The van der Waals surface area contributed by atoms with E-state index in [9.17, 15) is 9.59 Å². The number of hydrogen-bond acceptors (Lipinski definition) is 3. The number of carbonyl (C=O) groups is 2. The van der Waals surface area contributed by atoms with E-state index >= 15 is 0 Å². The minimum atomic E-state index is -0.929. The van der Waals surface area contributed by atoms with Gasteiger partial charge in [-0.25, -0.2) is 0 Å². The lowest BCUT2D eigenvalue weighted by molar-refractivity contribution is -0.137. The van der Waals surface area contributed by atoms with E-state index in [1.54, 1.807) is 18.2 Å². The van der Waals surface area contributed by atoms with Crippen LogP contribution >= 0.6 is 0 Å². The Morgan fingerprint density at radius 1 is 1.41 bits per heavy atom. The number of pyridine rings is 1. The van der Waals surface area contributed by atoms with Crippen LogP contribution < -0.4 is 0 Å². The van der Waals surface area contributed by atoms with Gasteiger partial charge in [0.15, 0.2) is 0 Å². The molecule has 0 aliphatic heterocycles. The van der Waals surface area contributed by atoms with Gasteiger partial charge in [0.25, 0.3) is 5.91 Å². The van der Waals surface area contributed by atoms with E-state index in [0.717, 1.165) is 0 Å². The molecule has 0 unspecified atom stereocenters. The predicted octanol–water partition coefficient (Wildman–Crippen LogP) is 1.18. The highest BCUT2D eigenvalue weighted by Gasteiger charge is 2.15. The fraction of sp³-hybridized carbons (Fsp3) is 0.250. The SMILES string of the molecule is C=CCN(CCC(=O)O)C(=O)c1ccncc1. The molecule has 5 heteroatoms. The zero-order valence-electron chi connectivity index (χ0n) is 9.37. The number of aromatic nitrogens is 1. The van der Waals surface area contributed by atoms with Crippen LogP contribution in [0.25, 0.3) is 0 Å². The van der Waals surface area contributed by atoms with Crippen LogP contribution in [0.2, 0.25) is 0 Å². The zero-order chi connectivity index (χ0) is 12.7. The van der Waals surface area contributed by atoms with Crippen molar-refractivity contribution in [3.63, 3.8) is 0 Å². The summed E-state index contributed by atoms with van der Waals surface area (Å²) in [5, 5.41) is 8.61. The average molecular weight is 234 g/mol. The molecule has 0 aliphatic rings. The first-order valence-electron chi connectivity index (χ1n) is 5.17. The van der Waals surface area contributed by atoms with Crippen LogP contribution in [0, 0.1) is 0 Å². The number of carbonyl (C=O) groups excluding carboxylic acids is 1. The van der Waals surface area contributed by atoms with E-state index in [-0.39, 0.29) is 18.9 Å². The summed E-state index contributed by atoms with van der Waals surface area (Å²) in [7, 11) is 0. The summed E-state index contributed by atoms with van der Waals surface area (Å²) in [5.41, 5.74) is 0.493. The molecule has 0 aliphatic carbocycles. The second-order valence-corrected chi connectivity index (χ2v) is 3.42. The number of nitrogens with zero attached hydrogens (tertiary/aromatic N) is 2. The summed E-state index contributed by atoms with van der Waals surface area (Å²) < 4.78 is 0. The molecule has 5 nitrogen and oxygen atoms in total. The summed E-state index contributed by atoms with van der Waals surface area (Å²) in [6.45, 7) is 4.05. The first-order valence-corrected chi connectivity index (χ1v) is 5.17. The van der Waals surface area contributed by atoms with Gasteiger partial charge in [-0.15, -0.1) is 6.58 Å². The first-order chi connectivity index (χ1) is 8.15. The molecule has 1 aromatic heterocycles. The van der Waals surface area contributed by atoms with Crippen LogP contribution in [0.1, 0.15) is 16.8 Å². The third-order valence-electron chi connectivity index (χ3n) is 2.16. The van der Waals surface area contributed by atoms with Crippen molar-refractivity contribution in [2.75, 3.05) is 13.1 Å². The predicted molar refractivity (Wildman–Crippen MR) is 62.6 cm³/mol. The highest BCUT2D eigenvalue weighted by Crippen LogP contribution is 2.04. The molecule has 1 heterocycles. The van der Waals surface area contributed by atoms with Crippen molar-refractivity contribution in [3.8, 4) is 0 Å². The number of aliphatic carboxylic acids is 1.